The summed E-state index contributed by atoms with van der Waals surface area (Å²) in [5.41, 5.74) is -23.2. The number of benzene rings is 5. The molecule has 0 nitrogen and oxygen atoms in total. The van der Waals surface area contributed by atoms with Gasteiger partial charge in [0.05, 0.1) is 44.5 Å². The van der Waals surface area contributed by atoms with E-state index in [9.17, 15) is 61.5 Å². The quantitative estimate of drug-likeness (QED) is 0.0738. The molecule has 0 saturated carbocycles. The highest BCUT2D eigenvalue weighted by Crippen LogP contribution is 2.48. The lowest BCUT2D eigenvalue weighted by molar-refractivity contribution is 0.379. The predicted octanol–water partition coefficient (Wildman–Crippen LogP) is 9.27. The topological polar surface area (TPSA) is 0 Å². The van der Waals surface area contributed by atoms with Crippen molar-refractivity contribution in [2.24, 2.45) is 0 Å². The number of hydrogen-bond acceptors (Lipinski definition) is 0. The van der Waals surface area contributed by atoms with Gasteiger partial charge in [0.25, 0.3) is 0 Å². The van der Waals surface area contributed by atoms with Gasteiger partial charge in [-0.2, -0.15) is 0 Å². The molecule has 52 heavy (non-hydrogen) atoms. The van der Waals surface area contributed by atoms with Crippen LogP contribution >= 0.6 is 0 Å². The molecule has 0 aliphatic carbocycles. The monoisotopic (exact) mass is 790 g/mol. The maximum Gasteiger partial charge on any atom is 0.200 e. The predicted molar refractivity (Wildman–Crippen MR) is 137 cm³/mol. The zero-order valence-corrected chi connectivity index (χ0v) is 25.9. The van der Waals surface area contributed by atoms with Crippen molar-refractivity contribution in [3.05, 3.63) is 122 Å². The molecule has 0 radical (unpaired) electrons. The molecule has 0 aliphatic heterocycles. The summed E-state index contributed by atoms with van der Waals surface area (Å²) in [6.07, 6.45) is 0. The van der Waals surface area contributed by atoms with Crippen molar-refractivity contribution in [2.45, 2.75) is 0 Å². The number of halogens is 21. The van der Waals surface area contributed by atoms with Gasteiger partial charge in [-0.25, -0.2) is 92.2 Å². The SMILES string of the molecule is Fc1c(F)c(F)c(-c2c(F)c(-c3c(F)c(F)c(F)c(F)c3F)c(F)c(-c3c(F)c(F)c(-c4c(F)c(F)c([SiH3])c(F)c4F)c(F)c3F)c2F)c(F)c1F. The molecule has 0 aromatic heterocycles. The molecule has 0 spiro atoms. The molecule has 274 valence electrons. The van der Waals surface area contributed by atoms with E-state index in [1.54, 1.807) is 0 Å². The van der Waals surface area contributed by atoms with Gasteiger partial charge in [-0.15, -0.1) is 0 Å². The highest BCUT2D eigenvalue weighted by molar-refractivity contribution is 6.32. The molecule has 0 saturated heterocycles. The summed E-state index contributed by atoms with van der Waals surface area (Å²) in [5, 5.41) is -1.37. The van der Waals surface area contributed by atoms with Crippen LogP contribution in [0.15, 0.2) is 0 Å². The maximum atomic E-state index is 16.0. The summed E-state index contributed by atoms with van der Waals surface area (Å²) in [6, 6.07) is 0. The average Bonchev–Trinajstić information content (AvgIpc) is 3.11. The van der Waals surface area contributed by atoms with Crippen LogP contribution in [0.4, 0.5) is 92.2 Å². The molecule has 5 aromatic rings. The fraction of sp³-hybridized carbons (Fsp3) is 0. The van der Waals surface area contributed by atoms with Crippen LogP contribution in [0.25, 0.3) is 44.5 Å². The third-order valence-corrected chi connectivity index (χ3v) is 8.36. The van der Waals surface area contributed by atoms with Gasteiger partial charge in [0.1, 0.15) is 17.5 Å². The summed E-state index contributed by atoms with van der Waals surface area (Å²) in [6.45, 7) is 0. The van der Waals surface area contributed by atoms with Crippen molar-refractivity contribution in [1.29, 1.82) is 0 Å². The zero-order valence-electron chi connectivity index (χ0n) is 23.9. The lowest BCUT2D eigenvalue weighted by Crippen LogP contribution is -2.20. The Labute approximate surface area is 274 Å². The number of rotatable bonds is 4. The van der Waals surface area contributed by atoms with Crippen LogP contribution < -0.4 is 5.19 Å². The first-order valence-electron chi connectivity index (χ1n) is 13.0. The first kappa shape index (κ1) is 38.1. The fourth-order valence-electron chi connectivity index (χ4n) is 5.00. The molecule has 0 N–H and O–H groups in total. The van der Waals surface area contributed by atoms with Crippen LogP contribution in [0.5, 0.6) is 0 Å². The van der Waals surface area contributed by atoms with Gasteiger partial charge in [-0.3, -0.25) is 0 Å². The van der Waals surface area contributed by atoms with Crippen LogP contribution in [0, 0.1) is 122 Å². The Hall–Kier alpha value is -5.15. The summed E-state index contributed by atoms with van der Waals surface area (Å²) < 4.78 is 310. The van der Waals surface area contributed by atoms with Gasteiger partial charge in [0.15, 0.2) is 93.1 Å². The van der Waals surface area contributed by atoms with Gasteiger partial charge in [0.2, 0.25) is 11.6 Å². The van der Waals surface area contributed by atoms with Crippen LogP contribution in [0.1, 0.15) is 0 Å². The van der Waals surface area contributed by atoms with E-state index in [0.29, 0.717) is 0 Å². The molecular weight excluding hydrogens is 787 g/mol. The molecule has 0 bridgehead atoms. The van der Waals surface area contributed by atoms with Crippen LogP contribution in [0.3, 0.4) is 0 Å². The molecule has 0 atom stereocenters. The molecule has 5 aromatic carbocycles. The van der Waals surface area contributed by atoms with E-state index in [0.717, 1.165) is 0 Å². The van der Waals surface area contributed by atoms with Crippen molar-refractivity contribution in [2.75, 3.05) is 0 Å². The molecule has 5 rings (SSSR count). The first-order chi connectivity index (χ1) is 24.0. The Morgan fingerprint density at radius 2 is 0.269 bits per heavy atom. The van der Waals surface area contributed by atoms with Crippen molar-refractivity contribution >= 4 is 15.4 Å². The van der Waals surface area contributed by atoms with Crippen molar-refractivity contribution in [1.82, 2.24) is 0 Å². The van der Waals surface area contributed by atoms with E-state index >= 15 is 30.7 Å². The lowest BCUT2D eigenvalue weighted by atomic mass is 9.88. The van der Waals surface area contributed by atoms with Crippen molar-refractivity contribution in [3.63, 3.8) is 0 Å². The molecule has 0 fully saturated rings. The van der Waals surface area contributed by atoms with E-state index in [4.69, 9.17) is 0 Å². The summed E-state index contributed by atoms with van der Waals surface area (Å²) in [5.74, 6) is -65.2. The minimum Gasteiger partial charge on any atom is -0.205 e. The second-order valence-corrected chi connectivity index (χ2v) is 11.2. The zero-order chi connectivity index (χ0) is 39.3. The second kappa shape index (κ2) is 12.8. The minimum absolute atomic E-state index is 0.845. The third kappa shape index (κ3) is 5.04. The Morgan fingerprint density at radius 1 is 0.154 bits per heavy atom. The van der Waals surface area contributed by atoms with Crippen LogP contribution in [0.2, 0.25) is 0 Å². The van der Waals surface area contributed by atoms with Gasteiger partial charge in [-0.05, 0) is 0 Å². The van der Waals surface area contributed by atoms with E-state index in [1.807, 2.05) is 0 Å². The average molecular weight is 790 g/mol. The summed E-state index contributed by atoms with van der Waals surface area (Å²) in [7, 11) is -0.845. The second-order valence-electron chi connectivity index (χ2n) is 10.2. The minimum atomic E-state index is -3.37. The lowest BCUT2D eigenvalue weighted by Gasteiger charge is -2.20. The van der Waals surface area contributed by atoms with Crippen LogP contribution in [-0.4, -0.2) is 10.2 Å². The summed E-state index contributed by atoms with van der Waals surface area (Å²) in [4.78, 5) is 0. The van der Waals surface area contributed by atoms with E-state index < -0.39 is 182 Å². The van der Waals surface area contributed by atoms with Crippen molar-refractivity contribution in [3.8, 4) is 44.5 Å². The Bertz CT molecular complexity index is 2220. The van der Waals surface area contributed by atoms with E-state index in [-0.39, 0.29) is 0 Å². The van der Waals surface area contributed by atoms with Gasteiger partial charge in [-0.1, -0.05) is 0 Å². The largest absolute Gasteiger partial charge is 0.205 e. The third-order valence-electron chi connectivity index (χ3n) is 7.48. The first-order valence-corrected chi connectivity index (χ1v) is 14.0. The molecule has 0 unspecified atom stereocenters. The maximum absolute atomic E-state index is 16.0. The van der Waals surface area contributed by atoms with Gasteiger partial charge >= 0.3 is 0 Å². The van der Waals surface area contributed by atoms with E-state index in [1.165, 1.54) is 0 Å². The molecule has 22 heteroatoms. The Morgan fingerprint density at radius 3 is 0.462 bits per heavy atom. The fourth-order valence-corrected chi connectivity index (χ4v) is 5.44. The van der Waals surface area contributed by atoms with Crippen molar-refractivity contribution < 1.29 is 92.2 Å². The normalized spacial score (nSPS) is 11.7. The highest BCUT2D eigenvalue weighted by Gasteiger charge is 2.41. The standard InChI is InChI=1S/C30H3F21Si/c31-9-1(4-12(34)14(36)7(15(37)13(4)35)8-20(42)28(50)30(52)29(51)21(8)43)10(32)3(6-18(40)24(46)27(49)25(47)19(6)41)11(33)2(9)5-16(38)22(44)26(48)23(45)17(5)39/h52H3. The molecule has 0 amide bonds. The van der Waals surface area contributed by atoms with Crippen LogP contribution in [-0.2, 0) is 0 Å². The molecule has 0 heterocycles. The summed E-state index contributed by atoms with van der Waals surface area (Å²) >= 11 is 0. The Balaban J connectivity index is 2.07. The van der Waals surface area contributed by atoms with Gasteiger partial charge in [0, 0.05) is 15.4 Å². The van der Waals surface area contributed by atoms with Gasteiger partial charge < -0.3 is 0 Å². The Kier molecular flexibility index (Phi) is 9.38. The smallest absolute Gasteiger partial charge is 0.200 e. The highest BCUT2D eigenvalue weighted by atomic mass is 28.1. The number of hydrogen-bond donors (Lipinski definition) is 0. The molecule has 0 aliphatic rings. The van der Waals surface area contributed by atoms with E-state index in [2.05, 4.69) is 0 Å². The molecular formula is C30H3F21Si.